The van der Waals surface area contributed by atoms with Gasteiger partial charge in [0.1, 0.15) is 5.65 Å². The van der Waals surface area contributed by atoms with E-state index >= 15 is 0 Å². The van der Waals surface area contributed by atoms with Crippen molar-refractivity contribution in [3.8, 4) is 10.6 Å². The molecule has 1 aliphatic carbocycles. The summed E-state index contributed by atoms with van der Waals surface area (Å²) in [7, 11) is 0. The summed E-state index contributed by atoms with van der Waals surface area (Å²) < 4.78 is 2.36. The van der Waals surface area contributed by atoms with Gasteiger partial charge in [0, 0.05) is 23.8 Å². The first-order chi connectivity index (χ1) is 10.3. The van der Waals surface area contributed by atoms with E-state index < -0.39 is 0 Å². The molecule has 4 rings (SSSR count). The summed E-state index contributed by atoms with van der Waals surface area (Å²) in [6, 6.07) is 2.66. The predicted molar refractivity (Wildman–Crippen MR) is 85.8 cm³/mol. The van der Waals surface area contributed by atoms with Gasteiger partial charge in [-0.05, 0) is 30.5 Å². The zero-order valence-corrected chi connectivity index (χ0v) is 13.1. The van der Waals surface area contributed by atoms with Crippen molar-refractivity contribution in [1.29, 1.82) is 0 Å². The number of rotatable bonds is 2. The highest BCUT2D eigenvalue weighted by Crippen LogP contribution is 2.37. The number of fused-ring (bicyclic) bond motifs is 1. The Bertz CT molecular complexity index is 759. The number of hydrogen-bond donors (Lipinski definition) is 0. The van der Waals surface area contributed by atoms with Crippen molar-refractivity contribution in [2.24, 2.45) is 0 Å². The van der Waals surface area contributed by atoms with E-state index in [4.69, 9.17) is 11.6 Å². The summed E-state index contributed by atoms with van der Waals surface area (Å²) in [5.41, 5.74) is 4.01. The molecular weight excluding hydrogens is 304 g/mol. The third-order valence-electron chi connectivity index (χ3n) is 4.17. The number of thiazole rings is 1. The van der Waals surface area contributed by atoms with Crippen LogP contribution in [0, 0.1) is 0 Å². The molecule has 0 atom stereocenters. The van der Waals surface area contributed by atoms with Crippen LogP contribution in [0.5, 0.6) is 0 Å². The molecule has 0 aromatic carbocycles. The van der Waals surface area contributed by atoms with Gasteiger partial charge < -0.3 is 4.57 Å². The van der Waals surface area contributed by atoms with E-state index in [1.54, 1.807) is 11.3 Å². The summed E-state index contributed by atoms with van der Waals surface area (Å²) in [5.74, 6) is 0. The third kappa shape index (κ3) is 2.34. The summed E-state index contributed by atoms with van der Waals surface area (Å²) in [6.07, 6.45) is 10.0. The van der Waals surface area contributed by atoms with Crippen molar-refractivity contribution in [2.45, 2.75) is 38.1 Å². The van der Waals surface area contributed by atoms with E-state index in [0.29, 0.717) is 11.3 Å². The fraction of sp³-hybridized carbons (Fsp3) is 0.400. The predicted octanol–water partition coefficient (Wildman–Crippen LogP) is 4.71. The van der Waals surface area contributed by atoms with Crippen molar-refractivity contribution in [1.82, 2.24) is 19.5 Å². The second-order valence-electron chi connectivity index (χ2n) is 5.48. The molecule has 0 unspecified atom stereocenters. The molecule has 108 valence electrons. The molecule has 1 saturated carbocycles. The zero-order chi connectivity index (χ0) is 14.2. The molecule has 21 heavy (non-hydrogen) atoms. The molecule has 0 radical (unpaired) electrons. The highest BCUT2D eigenvalue weighted by molar-refractivity contribution is 7.13. The van der Waals surface area contributed by atoms with Crippen molar-refractivity contribution < 1.29 is 0 Å². The van der Waals surface area contributed by atoms with Gasteiger partial charge in [0.05, 0.1) is 16.1 Å². The van der Waals surface area contributed by atoms with Crippen LogP contribution in [-0.4, -0.2) is 19.5 Å². The molecule has 0 spiro atoms. The Balaban J connectivity index is 1.94. The fourth-order valence-corrected chi connectivity index (χ4v) is 3.99. The maximum absolute atomic E-state index is 6.02. The Morgan fingerprint density at radius 2 is 2.05 bits per heavy atom. The second-order valence-corrected chi connectivity index (χ2v) is 6.70. The maximum Gasteiger partial charge on any atom is 0.224 e. The second kappa shape index (κ2) is 5.39. The van der Waals surface area contributed by atoms with Crippen LogP contribution in [0.15, 0.2) is 24.0 Å². The Kier molecular flexibility index (Phi) is 3.39. The molecule has 6 heteroatoms. The monoisotopic (exact) mass is 318 g/mol. The molecule has 0 aliphatic heterocycles. The van der Waals surface area contributed by atoms with E-state index in [1.807, 2.05) is 17.9 Å². The maximum atomic E-state index is 6.02. The SMILES string of the molecule is Clc1ncc2cc(-c3cncs3)n(C3CCCCC3)c2n1. The van der Waals surface area contributed by atoms with Crippen LogP contribution in [0.2, 0.25) is 5.28 Å². The Hall–Kier alpha value is -1.46. The minimum Gasteiger partial charge on any atom is -0.321 e. The first kappa shape index (κ1) is 13.2. The molecule has 0 bridgehead atoms. The standard InChI is InChI=1S/C15H15ClN4S/c16-15-18-7-10-6-12(13-8-17-9-21-13)20(14(10)19-15)11-4-2-1-3-5-11/h6-9,11H,1-5H2. The van der Waals surface area contributed by atoms with E-state index in [0.717, 1.165) is 11.0 Å². The van der Waals surface area contributed by atoms with Crippen LogP contribution in [0.4, 0.5) is 0 Å². The quantitative estimate of drug-likeness (QED) is 0.642. The summed E-state index contributed by atoms with van der Waals surface area (Å²) >= 11 is 7.68. The molecule has 3 aromatic heterocycles. The van der Waals surface area contributed by atoms with Crippen LogP contribution in [-0.2, 0) is 0 Å². The number of hydrogen-bond acceptors (Lipinski definition) is 4. The molecule has 0 N–H and O–H groups in total. The molecule has 3 heterocycles. The third-order valence-corrected chi connectivity index (χ3v) is 5.15. The van der Waals surface area contributed by atoms with Crippen LogP contribution in [0.3, 0.4) is 0 Å². The number of aromatic nitrogens is 4. The average Bonchev–Trinajstić information content (AvgIpc) is 3.14. The fourth-order valence-electron chi connectivity index (χ4n) is 3.23. The lowest BCUT2D eigenvalue weighted by Gasteiger charge is -2.25. The molecule has 0 amide bonds. The van der Waals surface area contributed by atoms with Crippen molar-refractivity contribution >= 4 is 34.0 Å². The van der Waals surface area contributed by atoms with Gasteiger partial charge in [0.25, 0.3) is 0 Å². The zero-order valence-electron chi connectivity index (χ0n) is 11.5. The summed E-state index contributed by atoms with van der Waals surface area (Å²) in [6.45, 7) is 0. The van der Waals surface area contributed by atoms with Crippen LogP contribution in [0.1, 0.15) is 38.1 Å². The normalized spacial score (nSPS) is 16.6. The van der Waals surface area contributed by atoms with Gasteiger partial charge in [-0.3, -0.25) is 4.98 Å². The van der Waals surface area contributed by atoms with Gasteiger partial charge in [-0.25, -0.2) is 4.98 Å². The Labute approximate surface area is 131 Å². The van der Waals surface area contributed by atoms with Gasteiger partial charge in [0.2, 0.25) is 5.28 Å². The highest BCUT2D eigenvalue weighted by Gasteiger charge is 2.22. The van der Waals surface area contributed by atoms with Crippen LogP contribution in [0.25, 0.3) is 21.6 Å². The minimum absolute atomic E-state index is 0.313. The Morgan fingerprint density at radius 3 is 2.81 bits per heavy atom. The Morgan fingerprint density at radius 1 is 1.19 bits per heavy atom. The lowest BCUT2D eigenvalue weighted by Crippen LogP contribution is -2.14. The molecule has 4 nitrogen and oxygen atoms in total. The van der Waals surface area contributed by atoms with Gasteiger partial charge >= 0.3 is 0 Å². The van der Waals surface area contributed by atoms with E-state index in [1.165, 1.54) is 42.7 Å². The first-order valence-corrected chi connectivity index (χ1v) is 8.51. The largest absolute Gasteiger partial charge is 0.321 e. The molecule has 3 aromatic rings. The van der Waals surface area contributed by atoms with E-state index in [2.05, 4.69) is 25.6 Å². The number of halogens is 1. The first-order valence-electron chi connectivity index (χ1n) is 7.25. The van der Waals surface area contributed by atoms with Crippen LogP contribution >= 0.6 is 22.9 Å². The van der Waals surface area contributed by atoms with Crippen molar-refractivity contribution in [3.63, 3.8) is 0 Å². The van der Waals surface area contributed by atoms with E-state index in [9.17, 15) is 0 Å². The van der Waals surface area contributed by atoms with Gasteiger partial charge in [-0.1, -0.05) is 19.3 Å². The molecule has 1 aliphatic rings. The lowest BCUT2D eigenvalue weighted by atomic mass is 9.95. The van der Waals surface area contributed by atoms with Crippen molar-refractivity contribution in [3.05, 3.63) is 29.3 Å². The summed E-state index contributed by atoms with van der Waals surface area (Å²) in [4.78, 5) is 14.0. The van der Waals surface area contributed by atoms with Gasteiger partial charge in [0.15, 0.2) is 0 Å². The van der Waals surface area contributed by atoms with Gasteiger partial charge in [-0.2, -0.15) is 4.98 Å². The number of nitrogens with zero attached hydrogens (tertiary/aromatic N) is 4. The minimum atomic E-state index is 0.313. The van der Waals surface area contributed by atoms with Gasteiger partial charge in [-0.15, -0.1) is 11.3 Å². The summed E-state index contributed by atoms with van der Waals surface area (Å²) in [5, 5.41) is 1.36. The highest BCUT2D eigenvalue weighted by atomic mass is 35.5. The topological polar surface area (TPSA) is 43.6 Å². The van der Waals surface area contributed by atoms with Crippen LogP contribution < -0.4 is 0 Å². The molecular formula is C15H15ClN4S. The molecule has 0 saturated heterocycles. The smallest absolute Gasteiger partial charge is 0.224 e. The molecule has 1 fully saturated rings. The van der Waals surface area contributed by atoms with Crippen molar-refractivity contribution in [2.75, 3.05) is 0 Å². The average molecular weight is 319 g/mol. The van der Waals surface area contributed by atoms with E-state index in [-0.39, 0.29) is 0 Å². The lowest BCUT2D eigenvalue weighted by molar-refractivity contribution is 0.362.